The molecule has 0 fully saturated rings. The normalized spacial score (nSPS) is 12.5. The molecule has 1 heterocycles. The second-order valence-corrected chi connectivity index (χ2v) is 7.35. The van der Waals surface area contributed by atoms with Crippen LogP contribution in [0.15, 0.2) is 35.5 Å². The number of aromatic nitrogens is 2. The van der Waals surface area contributed by atoms with Gasteiger partial charge in [0.25, 0.3) is 0 Å². The quantitative estimate of drug-likeness (QED) is 0.356. The Morgan fingerprint density at radius 3 is 2.57 bits per heavy atom. The molecule has 0 radical (unpaired) electrons. The molecule has 1 N–H and O–H groups in total. The molecule has 0 saturated carbocycles. The van der Waals surface area contributed by atoms with Gasteiger partial charge >= 0.3 is 0 Å². The van der Waals surface area contributed by atoms with Gasteiger partial charge in [-0.15, -0.1) is 24.0 Å². The van der Waals surface area contributed by atoms with Crippen molar-refractivity contribution < 1.29 is 4.74 Å². The molecule has 0 spiro atoms. The highest BCUT2D eigenvalue weighted by Crippen LogP contribution is 2.19. The van der Waals surface area contributed by atoms with Crippen LogP contribution in [0.5, 0.6) is 5.75 Å². The number of nitrogens with one attached hydrogen (secondary N) is 1. The molecule has 1 unspecified atom stereocenters. The molecule has 0 aliphatic heterocycles. The highest BCUT2D eigenvalue weighted by Gasteiger charge is 2.16. The number of aliphatic imine (C=N–C) groups is 1. The Morgan fingerprint density at radius 2 is 1.96 bits per heavy atom. The van der Waals surface area contributed by atoms with E-state index < -0.39 is 0 Å². The molecule has 0 amide bonds. The number of benzene rings is 1. The van der Waals surface area contributed by atoms with Gasteiger partial charge in [-0.2, -0.15) is 5.10 Å². The molecule has 2 rings (SSSR count). The van der Waals surface area contributed by atoms with Gasteiger partial charge in [-0.25, -0.2) is 0 Å². The maximum Gasteiger partial charge on any atom is 0.193 e. The third-order valence-electron chi connectivity index (χ3n) is 4.43. The van der Waals surface area contributed by atoms with Gasteiger partial charge in [0.15, 0.2) is 5.96 Å². The van der Waals surface area contributed by atoms with Crippen molar-refractivity contribution in [2.75, 3.05) is 20.6 Å². The van der Waals surface area contributed by atoms with E-state index in [0.29, 0.717) is 12.5 Å². The molecule has 1 aromatic heterocycles. The molecule has 0 saturated heterocycles. The summed E-state index contributed by atoms with van der Waals surface area (Å²) in [6.45, 7) is 9.89. The molecule has 6 nitrogen and oxygen atoms in total. The van der Waals surface area contributed by atoms with Crippen LogP contribution < -0.4 is 10.1 Å². The van der Waals surface area contributed by atoms with Gasteiger partial charge in [0.1, 0.15) is 11.9 Å². The van der Waals surface area contributed by atoms with Gasteiger partial charge in [-0.05, 0) is 31.4 Å². The van der Waals surface area contributed by atoms with E-state index in [2.05, 4.69) is 60.3 Å². The topological polar surface area (TPSA) is 54.7 Å². The van der Waals surface area contributed by atoms with E-state index in [-0.39, 0.29) is 30.1 Å². The standard InChI is InChI=1S/C21H33N5O.HI/c1-15(2)20-18(14-26(7)24-20)13-25(6)21(22-5)23-12-17(4)27-19-11-9-8-10-16(19)3;/h8-11,14-15,17H,12-13H2,1-7H3,(H,22,23);1H. The minimum Gasteiger partial charge on any atom is -0.489 e. The summed E-state index contributed by atoms with van der Waals surface area (Å²) in [5, 5.41) is 8.00. The fraction of sp³-hybridized carbons (Fsp3) is 0.524. The lowest BCUT2D eigenvalue weighted by Crippen LogP contribution is -2.42. The molecule has 0 aliphatic rings. The van der Waals surface area contributed by atoms with E-state index in [4.69, 9.17) is 4.74 Å². The van der Waals surface area contributed by atoms with Crippen LogP contribution in [0.4, 0.5) is 0 Å². The predicted molar refractivity (Wildman–Crippen MR) is 127 cm³/mol. The average molecular weight is 499 g/mol. The van der Waals surface area contributed by atoms with Crippen LogP contribution in [0.25, 0.3) is 0 Å². The smallest absolute Gasteiger partial charge is 0.193 e. The van der Waals surface area contributed by atoms with Crippen LogP contribution in [0.3, 0.4) is 0 Å². The van der Waals surface area contributed by atoms with Crippen molar-refractivity contribution in [3.8, 4) is 5.75 Å². The Hall–Kier alpha value is -1.77. The van der Waals surface area contributed by atoms with Crippen molar-refractivity contribution in [2.45, 2.75) is 46.3 Å². The minimum atomic E-state index is 0. The third kappa shape index (κ3) is 6.68. The first kappa shape index (κ1) is 24.3. The first-order chi connectivity index (χ1) is 12.8. The molecular weight excluding hydrogens is 465 g/mol. The number of aryl methyl sites for hydroxylation is 2. The summed E-state index contributed by atoms with van der Waals surface area (Å²) in [5.41, 5.74) is 3.50. The number of rotatable bonds is 7. The van der Waals surface area contributed by atoms with Crippen molar-refractivity contribution >= 4 is 29.9 Å². The van der Waals surface area contributed by atoms with E-state index in [1.54, 1.807) is 7.05 Å². The summed E-state index contributed by atoms with van der Waals surface area (Å²) in [5.74, 6) is 2.16. The van der Waals surface area contributed by atoms with Crippen molar-refractivity contribution in [3.63, 3.8) is 0 Å². The molecule has 1 atom stereocenters. The Balaban J connectivity index is 0.00000392. The summed E-state index contributed by atoms with van der Waals surface area (Å²) < 4.78 is 7.92. The fourth-order valence-corrected chi connectivity index (χ4v) is 3.06. The average Bonchev–Trinajstić information content (AvgIpc) is 2.98. The highest BCUT2D eigenvalue weighted by atomic mass is 127. The zero-order valence-electron chi connectivity index (χ0n) is 18.1. The zero-order valence-corrected chi connectivity index (χ0v) is 20.4. The second kappa shape index (κ2) is 11.3. The molecular formula is C21H34IN5O. The lowest BCUT2D eigenvalue weighted by Gasteiger charge is -2.24. The second-order valence-electron chi connectivity index (χ2n) is 7.35. The molecule has 0 bridgehead atoms. The summed E-state index contributed by atoms with van der Waals surface area (Å²) >= 11 is 0. The van der Waals surface area contributed by atoms with Gasteiger partial charge in [-0.3, -0.25) is 9.67 Å². The van der Waals surface area contributed by atoms with E-state index >= 15 is 0 Å². The Bertz CT molecular complexity index is 772. The van der Waals surface area contributed by atoms with E-state index in [1.165, 1.54) is 5.56 Å². The van der Waals surface area contributed by atoms with Crippen LogP contribution >= 0.6 is 24.0 Å². The lowest BCUT2D eigenvalue weighted by molar-refractivity contribution is 0.221. The van der Waals surface area contributed by atoms with E-state index in [9.17, 15) is 0 Å². The van der Waals surface area contributed by atoms with Crippen LogP contribution in [0.1, 0.15) is 43.5 Å². The Kier molecular flexibility index (Phi) is 9.78. The van der Waals surface area contributed by atoms with Gasteiger partial charge in [0.05, 0.1) is 12.2 Å². The SMILES string of the molecule is CN=C(NCC(C)Oc1ccccc1C)N(C)Cc1cn(C)nc1C(C)C.I. The third-order valence-corrected chi connectivity index (χ3v) is 4.43. The minimum absolute atomic E-state index is 0. The Labute approximate surface area is 186 Å². The fourth-order valence-electron chi connectivity index (χ4n) is 3.06. The lowest BCUT2D eigenvalue weighted by atomic mass is 10.1. The van der Waals surface area contributed by atoms with Crippen LogP contribution in [0, 0.1) is 6.92 Å². The number of hydrogen-bond donors (Lipinski definition) is 1. The zero-order chi connectivity index (χ0) is 20.0. The van der Waals surface area contributed by atoms with E-state index in [1.807, 2.05) is 37.0 Å². The number of hydrogen-bond acceptors (Lipinski definition) is 3. The number of halogens is 1. The largest absolute Gasteiger partial charge is 0.489 e. The molecule has 7 heteroatoms. The monoisotopic (exact) mass is 499 g/mol. The van der Waals surface area contributed by atoms with Gasteiger partial charge in [-0.1, -0.05) is 32.0 Å². The summed E-state index contributed by atoms with van der Waals surface area (Å²) in [6.07, 6.45) is 2.11. The summed E-state index contributed by atoms with van der Waals surface area (Å²) in [6, 6.07) is 8.08. The maximum absolute atomic E-state index is 6.04. The molecule has 2 aromatic rings. The van der Waals surface area contributed by atoms with Crippen molar-refractivity contribution in [3.05, 3.63) is 47.3 Å². The van der Waals surface area contributed by atoms with Crippen molar-refractivity contribution in [1.82, 2.24) is 20.0 Å². The highest BCUT2D eigenvalue weighted by molar-refractivity contribution is 14.0. The molecule has 28 heavy (non-hydrogen) atoms. The first-order valence-corrected chi connectivity index (χ1v) is 9.48. The van der Waals surface area contributed by atoms with Gasteiger partial charge < -0.3 is 15.0 Å². The van der Waals surface area contributed by atoms with Crippen molar-refractivity contribution in [1.29, 1.82) is 0 Å². The van der Waals surface area contributed by atoms with Crippen LogP contribution in [0.2, 0.25) is 0 Å². The van der Waals surface area contributed by atoms with E-state index in [0.717, 1.165) is 29.5 Å². The van der Waals surface area contributed by atoms with Crippen LogP contribution in [-0.4, -0.2) is 47.4 Å². The maximum atomic E-state index is 6.04. The van der Waals surface area contributed by atoms with Crippen LogP contribution in [-0.2, 0) is 13.6 Å². The number of nitrogens with zero attached hydrogens (tertiary/aromatic N) is 4. The molecule has 1 aromatic carbocycles. The van der Waals surface area contributed by atoms with Gasteiger partial charge in [0.2, 0.25) is 0 Å². The number of ether oxygens (including phenoxy) is 1. The van der Waals surface area contributed by atoms with Gasteiger partial charge in [0, 0.05) is 39.4 Å². The number of guanidine groups is 1. The molecule has 0 aliphatic carbocycles. The first-order valence-electron chi connectivity index (χ1n) is 9.48. The molecule has 156 valence electrons. The van der Waals surface area contributed by atoms with Crippen molar-refractivity contribution in [2.24, 2.45) is 12.0 Å². The predicted octanol–water partition coefficient (Wildman–Crippen LogP) is 3.94. The summed E-state index contributed by atoms with van der Waals surface area (Å²) in [7, 11) is 5.81. The Morgan fingerprint density at radius 1 is 1.29 bits per heavy atom. The summed E-state index contributed by atoms with van der Waals surface area (Å²) in [4.78, 5) is 6.53. The number of para-hydroxylation sites is 1.